The Kier molecular flexibility index (Phi) is 4.14. The van der Waals surface area contributed by atoms with Gasteiger partial charge < -0.3 is 19.6 Å². The molecule has 0 spiro atoms. The zero-order valence-corrected chi connectivity index (χ0v) is 14.5. The van der Waals surface area contributed by atoms with Crippen LogP contribution in [0.3, 0.4) is 0 Å². The summed E-state index contributed by atoms with van der Waals surface area (Å²) in [5, 5.41) is 0.931. The predicted molar refractivity (Wildman–Crippen MR) is 91.6 cm³/mol. The number of imidazole rings is 1. The number of nitrogens with zero attached hydrogens (tertiary/aromatic N) is 3. The van der Waals surface area contributed by atoms with E-state index in [1.807, 2.05) is 28.8 Å². The third kappa shape index (κ3) is 2.86. The second kappa shape index (κ2) is 6.29. The van der Waals surface area contributed by atoms with Crippen LogP contribution in [0.5, 0.6) is 0 Å². The lowest BCUT2D eigenvalue weighted by atomic mass is 9.98. The third-order valence-corrected chi connectivity index (χ3v) is 6.27. The van der Waals surface area contributed by atoms with Crippen LogP contribution in [0, 0.1) is 11.8 Å². The molecule has 0 radical (unpaired) electrons. The van der Waals surface area contributed by atoms with Gasteiger partial charge in [0, 0.05) is 38.6 Å². The topological polar surface area (TPSA) is 77.3 Å². The maximum atomic E-state index is 12.7. The van der Waals surface area contributed by atoms with Crippen LogP contribution in [0.1, 0.15) is 29.2 Å². The van der Waals surface area contributed by atoms with E-state index in [2.05, 4.69) is 4.98 Å². The molecule has 1 saturated heterocycles. The van der Waals surface area contributed by atoms with Crippen LogP contribution >= 0.6 is 11.8 Å². The van der Waals surface area contributed by atoms with E-state index in [4.69, 9.17) is 10.2 Å². The number of hydrogen-bond acceptors (Lipinski definition) is 5. The number of aromatic nitrogens is 2. The quantitative estimate of drug-likeness (QED) is 0.858. The average molecular weight is 346 g/mol. The van der Waals surface area contributed by atoms with Crippen molar-refractivity contribution in [3.63, 3.8) is 0 Å². The molecule has 2 aromatic rings. The Hall–Kier alpha value is -1.73. The predicted octanol–water partition coefficient (Wildman–Crippen LogP) is 2.11. The largest absolute Gasteiger partial charge is 0.455 e. The van der Waals surface area contributed by atoms with E-state index < -0.39 is 0 Å². The van der Waals surface area contributed by atoms with Crippen LogP contribution in [0.4, 0.5) is 0 Å². The first-order valence-electron chi connectivity index (χ1n) is 8.35. The van der Waals surface area contributed by atoms with Crippen LogP contribution < -0.4 is 5.73 Å². The lowest BCUT2D eigenvalue weighted by Crippen LogP contribution is -2.33. The van der Waals surface area contributed by atoms with Gasteiger partial charge in [0.1, 0.15) is 5.76 Å². The molecule has 2 aliphatic rings. The van der Waals surface area contributed by atoms with Gasteiger partial charge in [-0.25, -0.2) is 4.98 Å². The molecule has 3 heterocycles. The number of nitrogens with two attached hydrogens (primary N) is 1. The van der Waals surface area contributed by atoms with E-state index >= 15 is 0 Å². The van der Waals surface area contributed by atoms with Crippen molar-refractivity contribution < 1.29 is 9.21 Å². The molecule has 1 aliphatic heterocycles. The summed E-state index contributed by atoms with van der Waals surface area (Å²) in [5.74, 6) is 2.90. The molecule has 2 aromatic heterocycles. The van der Waals surface area contributed by atoms with Gasteiger partial charge in [-0.2, -0.15) is 0 Å². The molecule has 0 aromatic carbocycles. The minimum Gasteiger partial charge on any atom is -0.455 e. The summed E-state index contributed by atoms with van der Waals surface area (Å²) in [6.45, 7) is 1.58. The molecular formula is C17H22N4O2S. The van der Waals surface area contributed by atoms with Crippen LogP contribution in [0.25, 0.3) is 0 Å². The molecule has 128 valence electrons. The van der Waals surface area contributed by atoms with Crippen molar-refractivity contribution in [3.8, 4) is 0 Å². The average Bonchev–Trinajstić information content (AvgIpc) is 3.32. The van der Waals surface area contributed by atoms with Crippen molar-refractivity contribution in [2.45, 2.75) is 29.8 Å². The molecule has 2 fully saturated rings. The highest BCUT2D eigenvalue weighted by atomic mass is 32.2. The van der Waals surface area contributed by atoms with Crippen LogP contribution in [0.15, 0.2) is 34.1 Å². The van der Waals surface area contributed by atoms with Crippen molar-refractivity contribution in [1.82, 2.24) is 14.5 Å². The zero-order valence-electron chi connectivity index (χ0n) is 13.7. The zero-order chi connectivity index (χ0) is 16.7. The Morgan fingerprint density at radius 2 is 2.29 bits per heavy atom. The molecule has 4 rings (SSSR count). The van der Waals surface area contributed by atoms with Crippen molar-refractivity contribution >= 4 is 17.7 Å². The molecular weight excluding hydrogens is 324 g/mol. The fourth-order valence-electron chi connectivity index (χ4n) is 3.83. The first kappa shape index (κ1) is 15.8. The Balaban J connectivity index is 1.38. The van der Waals surface area contributed by atoms with Gasteiger partial charge in [-0.3, -0.25) is 4.79 Å². The highest BCUT2D eigenvalue weighted by molar-refractivity contribution is 7.98. The molecule has 1 saturated carbocycles. The van der Waals surface area contributed by atoms with Crippen molar-refractivity contribution in [2.24, 2.45) is 24.6 Å². The maximum Gasteiger partial charge on any atom is 0.289 e. The van der Waals surface area contributed by atoms with Gasteiger partial charge in [-0.05, 0) is 36.8 Å². The molecule has 24 heavy (non-hydrogen) atoms. The van der Waals surface area contributed by atoms with Gasteiger partial charge in [0.15, 0.2) is 10.9 Å². The summed E-state index contributed by atoms with van der Waals surface area (Å²) in [6.07, 6.45) is 5.91. The second-order valence-electron chi connectivity index (χ2n) is 6.75. The number of carbonyl (C=O) groups excluding carboxylic acids is 1. The number of aryl methyl sites for hydroxylation is 1. The Bertz CT molecular complexity index is 741. The summed E-state index contributed by atoms with van der Waals surface area (Å²) in [4.78, 5) is 18.8. The van der Waals surface area contributed by atoms with Crippen molar-refractivity contribution in [1.29, 1.82) is 0 Å². The van der Waals surface area contributed by atoms with Gasteiger partial charge in [0.05, 0.1) is 5.75 Å². The maximum absolute atomic E-state index is 12.7. The number of thioether (sulfide) groups is 1. The third-order valence-electron chi connectivity index (χ3n) is 5.19. The van der Waals surface area contributed by atoms with Crippen LogP contribution in [-0.2, 0) is 12.8 Å². The summed E-state index contributed by atoms with van der Waals surface area (Å²) >= 11 is 1.59. The number of amides is 1. The number of fused-ring (bicyclic) bond motifs is 1. The second-order valence-corrected chi connectivity index (χ2v) is 7.69. The minimum atomic E-state index is -0.00941. The smallest absolute Gasteiger partial charge is 0.289 e. The van der Waals surface area contributed by atoms with Crippen LogP contribution in [0.2, 0.25) is 0 Å². The summed E-state index contributed by atoms with van der Waals surface area (Å²) in [6, 6.07) is 3.91. The van der Waals surface area contributed by atoms with Crippen molar-refractivity contribution in [3.05, 3.63) is 36.0 Å². The Labute approximate surface area is 145 Å². The first-order valence-corrected chi connectivity index (χ1v) is 9.34. The number of rotatable bonds is 4. The molecule has 3 unspecified atom stereocenters. The van der Waals surface area contributed by atoms with Gasteiger partial charge in [-0.15, -0.1) is 0 Å². The minimum absolute atomic E-state index is 0.00941. The lowest BCUT2D eigenvalue weighted by molar-refractivity contribution is 0.0746. The van der Waals surface area contributed by atoms with Gasteiger partial charge in [0.2, 0.25) is 0 Å². The number of carbonyl (C=O) groups is 1. The number of hydrogen-bond donors (Lipinski definition) is 1. The fraction of sp³-hybridized carbons (Fsp3) is 0.529. The summed E-state index contributed by atoms with van der Waals surface area (Å²) < 4.78 is 7.73. The van der Waals surface area contributed by atoms with Gasteiger partial charge >= 0.3 is 0 Å². The highest BCUT2D eigenvalue weighted by Crippen LogP contribution is 2.37. The lowest BCUT2D eigenvalue weighted by Gasteiger charge is -2.17. The van der Waals surface area contributed by atoms with E-state index in [1.165, 1.54) is 0 Å². The Morgan fingerprint density at radius 3 is 3.04 bits per heavy atom. The number of furan rings is 1. The van der Waals surface area contributed by atoms with Gasteiger partial charge in [-0.1, -0.05) is 11.8 Å². The van der Waals surface area contributed by atoms with E-state index in [0.29, 0.717) is 23.3 Å². The normalized spacial score (nSPS) is 26.1. The SMILES string of the molecule is Cn1ccnc1SCc1ccc(C(=O)N2CC3CCC(N)C3C2)o1. The van der Waals surface area contributed by atoms with E-state index in [1.54, 1.807) is 24.0 Å². The standard InChI is InChI=1S/C17H22N4O2S/c1-20-7-6-19-17(20)24-10-12-3-5-15(23-12)16(22)21-8-11-2-4-14(18)13(11)9-21/h3,5-7,11,13-14H,2,4,8-10,18H2,1H3. The fourth-order valence-corrected chi connectivity index (χ4v) is 4.65. The molecule has 1 amide bonds. The number of likely N-dealkylation sites (tertiary alicyclic amines) is 1. The van der Waals surface area contributed by atoms with Crippen LogP contribution in [-0.4, -0.2) is 39.5 Å². The highest BCUT2D eigenvalue weighted by Gasteiger charge is 2.43. The summed E-state index contributed by atoms with van der Waals surface area (Å²) in [5.41, 5.74) is 6.15. The van der Waals surface area contributed by atoms with Crippen molar-refractivity contribution in [2.75, 3.05) is 13.1 Å². The molecule has 0 bridgehead atoms. The molecule has 6 nitrogen and oxygen atoms in total. The summed E-state index contributed by atoms with van der Waals surface area (Å²) in [7, 11) is 1.96. The van der Waals surface area contributed by atoms with Gasteiger partial charge in [0.25, 0.3) is 5.91 Å². The monoisotopic (exact) mass is 346 g/mol. The van der Waals surface area contributed by atoms with E-state index in [-0.39, 0.29) is 11.9 Å². The molecule has 1 aliphatic carbocycles. The molecule has 3 atom stereocenters. The first-order chi connectivity index (χ1) is 11.6. The Morgan fingerprint density at radius 1 is 1.42 bits per heavy atom. The molecule has 7 heteroatoms. The van der Waals surface area contributed by atoms with E-state index in [0.717, 1.165) is 36.8 Å². The molecule has 2 N–H and O–H groups in total. The van der Waals surface area contributed by atoms with E-state index in [9.17, 15) is 4.79 Å².